The predicted octanol–water partition coefficient (Wildman–Crippen LogP) is 6.00. The van der Waals surface area contributed by atoms with Crippen LogP contribution in [-0.4, -0.2) is 16.0 Å². The van der Waals surface area contributed by atoms with Gasteiger partial charge in [0.05, 0.1) is 11.3 Å². The first-order chi connectivity index (χ1) is 15.5. The Balaban J connectivity index is 1.49. The van der Waals surface area contributed by atoms with Crippen LogP contribution in [-0.2, 0) is 6.61 Å². The topological polar surface area (TPSA) is 77.3 Å². The number of anilines is 1. The van der Waals surface area contributed by atoms with Crippen molar-refractivity contribution in [3.8, 4) is 17.2 Å². The van der Waals surface area contributed by atoms with Crippen molar-refractivity contribution < 1.29 is 14.1 Å². The number of aryl methyl sites for hydroxylation is 1. The number of nitrogens with zero attached hydrogens (tertiary/aromatic N) is 2. The minimum atomic E-state index is -0.209. The zero-order chi connectivity index (χ0) is 22.5. The normalized spacial score (nSPS) is 10.9. The Labute approximate surface area is 187 Å². The van der Waals surface area contributed by atoms with E-state index in [0.717, 1.165) is 16.9 Å². The number of hydrogen-bond donors (Lipinski definition) is 1. The highest BCUT2D eigenvalue weighted by atomic mass is 16.5. The van der Waals surface area contributed by atoms with Gasteiger partial charge in [0.15, 0.2) is 5.82 Å². The minimum Gasteiger partial charge on any atom is -0.489 e. The van der Waals surface area contributed by atoms with Gasteiger partial charge in [-0.25, -0.2) is 0 Å². The third kappa shape index (κ3) is 4.86. The molecule has 0 fully saturated rings. The van der Waals surface area contributed by atoms with Crippen molar-refractivity contribution in [2.75, 3.05) is 5.32 Å². The number of nitrogens with one attached hydrogen (secondary N) is 1. The first-order valence-electron chi connectivity index (χ1n) is 10.5. The maximum atomic E-state index is 12.9. The Bertz CT molecular complexity index is 1200. The van der Waals surface area contributed by atoms with E-state index in [9.17, 15) is 4.79 Å². The molecule has 1 heterocycles. The van der Waals surface area contributed by atoms with E-state index in [1.54, 1.807) is 12.1 Å². The molecular weight excluding hydrogens is 402 g/mol. The van der Waals surface area contributed by atoms with E-state index in [4.69, 9.17) is 9.26 Å². The number of para-hydroxylation sites is 2. The number of carbonyl (C=O) groups is 1. The molecule has 0 saturated heterocycles. The van der Waals surface area contributed by atoms with Crippen molar-refractivity contribution in [1.29, 1.82) is 0 Å². The van der Waals surface area contributed by atoms with Crippen LogP contribution in [0.3, 0.4) is 0 Å². The molecule has 0 spiro atoms. The zero-order valence-corrected chi connectivity index (χ0v) is 18.3. The van der Waals surface area contributed by atoms with Crippen LogP contribution in [0.2, 0.25) is 0 Å². The number of benzene rings is 3. The molecule has 0 radical (unpaired) electrons. The second-order valence-electron chi connectivity index (χ2n) is 7.86. The lowest BCUT2D eigenvalue weighted by Gasteiger charge is -2.12. The number of rotatable bonds is 7. The van der Waals surface area contributed by atoms with Gasteiger partial charge < -0.3 is 14.6 Å². The average molecular weight is 428 g/mol. The van der Waals surface area contributed by atoms with Crippen LogP contribution in [0.15, 0.2) is 77.3 Å². The molecule has 3 aromatic carbocycles. The zero-order valence-electron chi connectivity index (χ0n) is 18.3. The summed E-state index contributed by atoms with van der Waals surface area (Å²) >= 11 is 0. The third-order valence-electron chi connectivity index (χ3n) is 5.06. The van der Waals surface area contributed by atoms with Crippen LogP contribution >= 0.6 is 0 Å². The molecule has 162 valence electrons. The van der Waals surface area contributed by atoms with E-state index in [1.165, 1.54) is 0 Å². The van der Waals surface area contributed by atoms with Gasteiger partial charge in [0.2, 0.25) is 0 Å². The largest absolute Gasteiger partial charge is 0.489 e. The summed E-state index contributed by atoms with van der Waals surface area (Å²) < 4.78 is 11.2. The van der Waals surface area contributed by atoms with Gasteiger partial charge in [-0.3, -0.25) is 4.79 Å². The third-order valence-corrected chi connectivity index (χ3v) is 5.06. The highest BCUT2D eigenvalue weighted by Gasteiger charge is 2.18. The molecule has 0 aliphatic carbocycles. The second kappa shape index (κ2) is 9.47. The smallest absolute Gasteiger partial charge is 0.260 e. The van der Waals surface area contributed by atoms with Crippen molar-refractivity contribution in [1.82, 2.24) is 10.1 Å². The molecule has 32 heavy (non-hydrogen) atoms. The minimum absolute atomic E-state index is 0.153. The molecule has 6 heteroatoms. The molecule has 4 aromatic rings. The summed E-state index contributed by atoms with van der Waals surface area (Å²) in [6, 6.07) is 22.7. The molecule has 6 nitrogen and oxygen atoms in total. The van der Waals surface area contributed by atoms with Gasteiger partial charge >= 0.3 is 0 Å². The Morgan fingerprint density at radius 1 is 1.00 bits per heavy atom. The fourth-order valence-electron chi connectivity index (χ4n) is 3.21. The van der Waals surface area contributed by atoms with Gasteiger partial charge in [-0.05, 0) is 48.4 Å². The number of hydrogen-bond acceptors (Lipinski definition) is 5. The first kappa shape index (κ1) is 21.3. The Hall–Kier alpha value is -3.93. The van der Waals surface area contributed by atoms with Crippen LogP contribution in [0, 0.1) is 6.92 Å². The van der Waals surface area contributed by atoms with Crippen LogP contribution in [0.5, 0.6) is 5.75 Å². The van der Waals surface area contributed by atoms with Gasteiger partial charge in [0.1, 0.15) is 12.4 Å². The van der Waals surface area contributed by atoms with Crippen molar-refractivity contribution in [2.45, 2.75) is 33.3 Å². The standard InChI is InChI=1S/C26H25N3O3/c1-17(2)24-28-26(32-29-24)22-11-7-8-18(3)23(22)27-25(30)20-14-12-19(13-15-20)16-31-21-9-5-4-6-10-21/h4-15,17H,16H2,1-3H3,(H,27,30). The maximum Gasteiger partial charge on any atom is 0.260 e. The van der Waals surface area contributed by atoms with Crippen molar-refractivity contribution >= 4 is 11.6 Å². The summed E-state index contributed by atoms with van der Waals surface area (Å²) in [5, 5.41) is 7.05. The molecule has 0 aliphatic heterocycles. The molecular formula is C26H25N3O3. The first-order valence-corrected chi connectivity index (χ1v) is 10.5. The number of aromatic nitrogens is 2. The van der Waals surface area contributed by atoms with Gasteiger partial charge in [-0.1, -0.05) is 61.5 Å². The van der Waals surface area contributed by atoms with Crippen LogP contribution in [0.25, 0.3) is 11.5 Å². The molecule has 0 saturated carbocycles. The van der Waals surface area contributed by atoms with E-state index in [1.807, 2.05) is 81.4 Å². The predicted molar refractivity (Wildman–Crippen MR) is 124 cm³/mol. The van der Waals surface area contributed by atoms with E-state index >= 15 is 0 Å². The molecule has 0 bridgehead atoms. The summed E-state index contributed by atoms with van der Waals surface area (Å²) in [7, 11) is 0. The quantitative estimate of drug-likeness (QED) is 0.391. The van der Waals surface area contributed by atoms with E-state index in [0.29, 0.717) is 35.1 Å². The van der Waals surface area contributed by atoms with Gasteiger partial charge in [0, 0.05) is 11.5 Å². The highest BCUT2D eigenvalue weighted by molar-refractivity contribution is 6.06. The fraction of sp³-hybridized carbons (Fsp3) is 0.192. The van der Waals surface area contributed by atoms with Gasteiger partial charge in [-0.2, -0.15) is 4.98 Å². The highest BCUT2D eigenvalue weighted by Crippen LogP contribution is 2.31. The molecule has 1 aromatic heterocycles. The Kier molecular flexibility index (Phi) is 6.31. The van der Waals surface area contributed by atoms with Crippen LogP contribution in [0.1, 0.15) is 47.1 Å². The lowest BCUT2D eigenvalue weighted by atomic mass is 10.1. The summed E-state index contributed by atoms with van der Waals surface area (Å²) in [6.45, 7) is 6.37. The summed E-state index contributed by atoms with van der Waals surface area (Å²) in [6.07, 6.45) is 0. The molecule has 0 unspecified atom stereocenters. The van der Waals surface area contributed by atoms with E-state index in [2.05, 4.69) is 15.5 Å². The lowest BCUT2D eigenvalue weighted by molar-refractivity contribution is 0.102. The Morgan fingerprint density at radius 2 is 1.75 bits per heavy atom. The summed E-state index contributed by atoms with van der Waals surface area (Å²) in [4.78, 5) is 17.4. The SMILES string of the molecule is Cc1cccc(-c2nc(C(C)C)no2)c1NC(=O)c1ccc(COc2ccccc2)cc1. The summed E-state index contributed by atoms with van der Waals surface area (Å²) in [5.41, 5.74) is 3.80. The van der Waals surface area contributed by atoms with E-state index in [-0.39, 0.29) is 11.8 Å². The van der Waals surface area contributed by atoms with Crippen LogP contribution in [0.4, 0.5) is 5.69 Å². The number of ether oxygens (including phenoxy) is 1. The van der Waals surface area contributed by atoms with Crippen molar-refractivity contribution in [3.05, 3.63) is 95.3 Å². The van der Waals surface area contributed by atoms with Crippen molar-refractivity contribution in [2.24, 2.45) is 0 Å². The average Bonchev–Trinajstić information content (AvgIpc) is 3.30. The summed E-state index contributed by atoms with van der Waals surface area (Å²) in [5.74, 6) is 1.77. The fourth-order valence-corrected chi connectivity index (χ4v) is 3.21. The molecule has 4 rings (SSSR count). The lowest BCUT2D eigenvalue weighted by Crippen LogP contribution is -2.14. The molecule has 1 N–H and O–H groups in total. The number of carbonyl (C=O) groups excluding carboxylic acids is 1. The van der Waals surface area contributed by atoms with Crippen molar-refractivity contribution in [3.63, 3.8) is 0 Å². The van der Waals surface area contributed by atoms with E-state index < -0.39 is 0 Å². The van der Waals surface area contributed by atoms with Crippen LogP contribution < -0.4 is 10.1 Å². The number of amides is 1. The Morgan fingerprint density at radius 3 is 2.44 bits per heavy atom. The van der Waals surface area contributed by atoms with Gasteiger partial charge in [0.25, 0.3) is 11.8 Å². The maximum absolute atomic E-state index is 12.9. The second-order valence-corrected chi connectivity index (χ2v) is 7.86. The molecule has 1 amide bonds. The van der Waals surface area contributed by atoms with Gasteiger partial charge in [-0.15, -0.1) is 0 Å². The molecule has 0 aliphatic rings. The molecule has 0 atom stereocenters. The monoisotopic (exact) mass is 427 g/mol.